The van der Waals surface area contributed by atoms with E-state index < -0.39 is 0 Å². The van der Waals surface area contributed by atoms with Gasteiger partial charge in [-0.1, -0.05) is 0 Å². The fraction of sp³-hybridized carbons (Fsp3) is 0.583. The minimum atomic E-state index is -0.380. The SMILES string of the molecule is CC1(C(=O)NCc2cc[nH]c2)CCCCN1. The number of nitrogens with one attached hydrogen (secondary N) is 3. The molecule has 0 spiro atoms. The molecule has 0 bridgehead atoms. The van der Waals surface area contributed by atoms with E-state index in [4.69, 9.17) is 0 Å². The van der Waals surface area contributed by atoms with Crippen LogP contribution in [0.25, 0.3) is 0 Å². The summed E-state index contributed by atoms with van der Waals surface area (Å²) < 4.78 is 0. The largest absolute Gasteiger partial charge is 0.367 e. The molecule has 1 amide bonds. The Hall–Kier alpha value is -1.29. The standard InChI is InChI=1S/C12H19N3O/c1-12(5-2-3-6-15-12)11(16)14-9-10-4-7-13-8-10/h4,7-8,13,15H,2-3,5-6,9H2,1H3,(H,14,16). The molecule has 1 aromatic heterocycles. The van der Waals surface area contributed by atoms with Gasteiger partial charge in [-0.15, -0.1) is 0 Å². The summed E-state index contributed by atoms with van der Waals surface area (Å²) in [6.45, 7) is 3.52. The van der Waals surface area contributed by atoms with Crippen LogP contribution in [0.1, 0.15) is 31.7 Å². The molecule has 0 aliphatic carbocycles. The normalized spacial score (nSPS) is 25.3. The highest BCUT2D eigenvalue weighted by molar-refractivity contribution is 5.85. The zero-order valence-corrected chi connectivity index (χ0v) is 9.68. The van der Waals surface area contributed by atoms with Crippen LogP contribution in [-0.4, -0.2) is 23.0 Å². The molecule has 1 fully saturated rings. The van der Waals surface area contributed by atoms with E-state index in [1.807, 2.05) is 25.4 Å². The number of aromatic nitrogens is 1. The van der Waals surface area contributed by atoms with Crippen molar-refractivity contribution in [1.29, 1.82) is 0 Å². The zero-order valence-electron chi connectivity index (χ0n) is 9.68. The average Bonchev–Trinajstić information content (AvgIpc) is 2.79. The monoisotopic (exact) mass is 221 g/mol. The van der Waals surface area contributed by atoms with E-state index in [0.717, 1.165) is 24.9 Å². The summed E-state index contributed by atoms with van der Waals surface area (Å²) in [7, 11) is 0. The van der Waals surface area contributed by atoms with Gasteiger partial charge >= 0.3 is 0 Å². The highest BCUT2D eigenvalue weighted by Gasteiger charge is 2.33. The van der Waals surface area contributed by atoms with Gasteiger partial charge in [0.15, 0.2) is 0 Å². The Labute approximate surface area is 95.8 Å². The lowest BCUT2D eigenvalue weighted by Gasteiger charge is -2.33. The average molecular weight is 221 g/mol. The summed E-state index contributed by atoms with van der Waals surface area (Å²) in [6, 6.07) is 1.97. The Morgan fingerprint density at radius 2 is 2.44 bits per heavy atom. The van der Waals surface area contributed by atoms with E-state index in [1.165, 1.54) is 6.42 Å². The first-order valence-corrected chi connectivity index (χ1v) is 5.86. The number of amides is 1. The number of H-pyrrole nitrogens is 1. The van der Waals surface area contributed by atoms with Crippen LogP contribution in [0.4, 0.5) is 0 Å². The molecule has 1 aliphatic rings. The molecule has 3 N–H and O–H groups in total. The smallest absolute Gasteiger partial charge is 0.240 e. The van der Waals surface area contributed by atoms with Crippen LogP contribution in [-0.2, 0) is 11.3 Å². The van der Waals surface area contributed by atoms with Crippen LogP contribution in [0, 0.1) is 0 Å². The van der Waals surface area contributed by atoms with Crippen molar-refractivity contribution in [2.24, 2.45) is 0 Å². The molecule has 88 valence electrons. The van der Waals surface area contributed by atoms with E-state index in [9.17, 15) is 4.79 Å². The highest BCUT2D eigenvalue weighted by Crippen LogP contribution is 2.18. The fourth-order valence-electron chi connectivity index (χ4n) is 2.10. The van der Waals surface area contributed by atoms with E-state index in [0.29, 0.717) is 6.54 Å². The number of carbonyl (C=O) groups is 1. The van der Waals surface area contributed by atoms with Crippen LogP contribution in [0.5, 0.6) is 0 Å². The number of hydrogen-bond donors (Lipinski definition) is 3. The molecule has 1 aromatic rings. The summed E-state index contributed by atoms with van der Waals surface area (Å²) >= 11 is 0. The van der Waals surface area contributed by atoms with Gasteiger partial charge in [0.25, 0.3) is 0 Å². The Bertz CT molecular complexity index is 339. The van der Waals surface area contributed by atoms with Crippen molar-refractivity contribution < 1.29 is 4.79 Å². The maximum atomic E-state index is 12.0. The Balaban J connectivity index is 1.87. The van der Waals surface area contributed by atoms with Crippen molar-refractivity contribution in [2.75, 3.05) is 6.54 Å². The predicted octanol–water partition coefficient (Wildman–Crippen LogP) is 1.16. The third-order valence-electron chi connectivity index (χ3n) is 3.24. The lowest BCUT2D eigenvalue weighted by molar-refractivity contribution is -0.128. The van der Waals surface area contributed by atoms with Gasteiger partial charge in [-0.05, 0) is 44.4 Å². The molecule has 0 aromatic carbocycles. The van der Waals surface area contributed by atoms with Crippen molar-refractivity contribution in [1.82, 2.24) is 15.6 Å². The first-order chi connectivity index (χ1) is 7.71. The van der Waals surface area contributed by atoms with Gasteiger partial charge < -0.3 is 15.6 Å². The highest BCUT2D eigenvalue weighted by atomic mass is 16.2. The second kappa shape index (κ2) is 4.70. The third-order valence-corrected chi connectivity index (χ3v) is 3.24. The summed E-state index contributed by atoms with van der Waals surface area (Å²) in [5.41, 5.74) is 0.724. The predicted molar refractivity (Wildman–Crippen MR) is 62.9 cm³/mol. The summed E-state index contributed by atoms with van der Waals surface area (Å²) in [4.78, 5) is 15.0. The first-order valence-electron chi connectivity index (χ1n) is 5.86. The van der Waals surface area contributed by atoms with Crippen molar-refractivity contribution in [3.63, 3.8) is 0 Å². The molecular formula is C12H19N3O. The lowest BCUT2D eigenvalue weighted by Crippen LogP contribution is -2.56. The van der Waals surface area contributed by atoms with Crippen LogP contribution in [0.2, 0.25) is 0 Å². The van der Waals surface area contributed by atoms with Gasteiger partial charge in [0.05, 0.1) is 5.54 Å². The molecule has 1 aliphatic heterocycles. The molecule has 0 saturated carbocycles. The van der Waals surface area contributed by atoms with Gasteiger partial charge in [0.2, 0.25) is 5.91 Å². The topological polar surface area (TPSA) is 56.9 Å². The van der Waals surface area contributed by atoms with Gasteiger partial charge in [-0.3, -0.25) is 4.79 Å². The third kappa shape index (κ3) is 2.44. The number of piperidine rings is 1. The van der Waals surface area contributed by atoms with Crippen LogP contribution in [0.15, 0.2) is 18.5 Å². The number of hydrogen-bond acceptors (Lipinski definition) is 2. The Morgan fingerprint density at radius 3 is 3.06 bits per heavy atom. The molecule has 0 radical (unpaired) electrons. The quantitative estimate of drug-likeness (QED) is 0.717. The molecular weight excluding hydrogens is 202 g/mol. The molecule has 2 rings (SSSR count). The van der Waals surface area contributed by atoms with Crippen molar-refractivity contribution >= 4 is 5.91 Å². The molecule has 4 nitrogen and oxygen atoms in total. The second-order valence-electron chi connectivity index (χ2n) is 4.62. The van der Waals surface area contributed by atoms with Crippen LogP contribution >= 0.6 is 0 Å². The fourth-order valence-corrected chi connectivity index (χ4v) is 2.10. The lowest BCUT2D eigenvalue weighted by atomic mass is 9.90. The van der Waals surface area contributed by atoms with E-state index in [-0.39, 0.29) is 11.4 Å². The first kappa shape index (κ1) is 11.2. The minimum absolute atomic E-state index is 0.105. The van der Waals surface area contributed by atoms with E-state index in [1.54, 1.807) is 0 Å². The minimum Gasteiger partial charge on any atom is -0.367 e. The maximum Gasteiger partial charge on any atom is 0.240 e. The summed E-state index contributed by atoms with van der Waals surface area (Å²) in [6.07, 6.45) is 6.98. The molecule has 2 heterocycles. The van der Waals surface area contributed by atoms with Gasteiger partial charge in [0, 0.05) is 18.9 Å². The maximum absolute atomic E-state index is 12.0. The Kier molecular flexibility index (Phi) is 3.29. The van der Waals surface area contributed by atoms with Crippen LogP contribution in [0.3, 0.4) is 0 Å². The van der Waals surface area contributed by atoms with Gasteiger partial charge in [-0.2, -0.15) is 0 Å². The summed E-state index contributed by atoms with van der Waals surface area (Å²) in [5.74, 6) is 0.105. The van der Waals surface area contributed by atoms with Gasteiger partial charge in [-0.25, -0.2) is 0 Å². The molecule has 16 heavy (non-hydrogen) atoms. The summed E-state index contributed by atoms with van der Waals surface area (Å²) in [5, 5.41) is 6.28. The van der Waals surface area contributed by atoms with Crippen molar-refractivity contribution in [3.05, 3.63) is 24.0 Å². The van der Waals surface area contributed by atoms with E-state index in [2.05, 4.69) is 15.6 Å². The molecule has 1 saturated heterocycles. The number of carbonyl (C=O) groups excluding carboxylic acids is 1. The Morgan fingerprint density at radius 1 is 1.56 bits per heavy atom. The zero-order chi connectivity index (χ0) is 11.4. The van der Waals surface area contributed by atoms with Crippen molar-refractivity contribution in [2.45, 2.75) is 38.3 Å². The van der Waals surface area contributed by atoms with E-state index >= 15 is 0 Å². The molecule has 1 atom stereocenters. The number of rotatable bonds is 3. The van der Waals surface area contributed by atoms with Gasteiger partial charge in [0.1, 0.15) is 0 Å². The number of aromatic amines is 1. The second-order valence-corrected chi connectivity index (χ2v) is 4.62. The molecule has 4 heteroatoms. The van der Waals surface area contributed by atoms with Crippen LogP contribution < -0.4 is 10.6 Å². The molecule has 1 unspecified atom stereocenters. The van der Waals surface area contributed by atoms with Crippen molar-refractivity contribution in [3.8, 4) is 0 Å².